The van der Waals surface area contributed by atoms with E-state index in [1.54, 1.807) is 0 Å². The number of hydrogen-bond acceptors (Lipinski definition) is 2. The second kappa shape index (κ2) is 7.37. The van der Waals surface area contributed by atoms with Crippen molar-refractivity contribution < 1.29 is 4.74 Å². The van der Waals surface area contributed by atoms with Crippen LogP contribution in [0.5, 0.6) is 5.75 Å². The minimum Gasteiger partial charge on any atom is -0.493 e. The first-order valence-electron chi connectivity index (χ1n) is 6.76. The average Bonchev–Trinajstić information content (AvgIpc) is 2.47. The molecule has 0 saturated carbocycles. The molecular formula is C18H19NO. The molecule has 0 aliphatic carbocycles. The van der Waals surface area contributed by atoms with E-state index in [0.717, 1.165) is 23.3 Å². The topological polar surface area (TPSA) is 35.2 Å². The summed E-state index contributed by atoms with van der Waals surface area (Å²) in [7, 11) is 0. The van der Waals surface area contributed by atoms with Gasteiger partial charge in [0.15, 0.2) is 0 Å². The van der Waals surface area contributed by atoms with Gasteiger partial charge >= 0.3 is 0 Å². The van der Waals surface area contributed by atoms with Crippen LogP contribution in [-0.2, 0) is 6.42 Å². The predicted molar refractivity (Wildman–Crippen MR) is 82.8 cm³/mol. The van der Waals surface area contributed by atoms with E-state index >= 15 is 0 Å². The van der Waals surface area contributed by atoms with Gasteiger partial charge in [-0.05, 0) is 36.2 Å². The van der Waals surface area contributed by atoms with Crippen LogP contribution in [0.3, 0.4) is 0 Å². The molecule has 0 unspecified atom stereocenters. The molecule has 2 nitrogen and oxygen atoms in total. The van der Waals surface area contributed by atoms with Crippen LogP contribution in [0.25, 0.3) is 0 Å². The minimum absolute atomic E-state index is 0.384. The molecular weight excluding hydrogens is 246 g/mol. The molecule has 20 heavy (non-hydrogen) atoms. The Morgan fingerprint density at radius 2 is 1.90 bits per heavy atom. The number of benzene rings is 2. The fourth-order valence-corrected chi connectivity index (χ4v) is 1.94. The van der Waals surface area contributed by atoms with Crippen LogP contribution in [0.1, 0.15) is 16.7 Å². The lowest BCUT2D eigenvalue weighted by atomic mass is 10.1. The van der Waals surface area contributed by atoms with Crippen LogP contribution in [0.15, 0.2) is 48.5 Å². The van der Waals surface area contributed by atoms with Crippen molar-refractivity contribution >= 4 is 0 Å². The monoisotopic (exact) mass is 265 g/mol. The van der Waals surface area contributed by atoms with Gasteiger partial charge in [0.1, 0.15) is 5.75 Å². The molecule has 0 fully saturated rings. The van der Waals surface area contributed by atoms with E-state index in [9.17, 15) is 0 Å². The molecule has 0 bridgehead atoms. The van der Waals surface area contributed by atoms with Crippen molar-refractivity contribution in [3.8, 4) is 17.6 Å². The lowest BCUT2D eigenvalue weighted by Gasteiger charge is -2.08. The van der Waals surface area contributed by atoms with Gasteiger partial charge in [0.05, 0.1) is 13.2 Å². The Hall–Kier alpha value is -2.24. The third kappa shape index (κ3) is 4.15. The molecule has 102 valence electrons. The maximum Gasteiger partial charge on any atom is 0.119 e. The summed E-state index contributed by atoms with van der Waals surface area (Å²) in [5.74, 6) is 6.80. The Balaban J connectivity index is 1.92. The Bertz CT molecular complexity index is 608. The quantitative estimate of drug-likeness (QED) is 0.863. The predicted octanol–water partition coefficient (Wildman–Crippen LogP) is 2.93. The first kappa shape index (κ1) is 14.2. The van der Waals surface area contributed by atoms with Gasteiger partial charge in [0.2, 0.25) is 0 Å². The molecule has 0 aliphatic rings. The van der Waals surface area contributed by atoms with E-state index in [4.69, 9.17) is 10.5 Å². The highest BCUT2D eigenvalue weighted by Crippen LogP contribution is 2.17. The lowest BCUT2D eigenvalue weighted by molar-refractivity contribution is 0.321. The summed E-state index contributed by atoms with van der Waals surface area (Å²) >= 11 is 0. The van der Waals surface area contributed by atoms with E-state index in [-0.39, 0.29) is 0 Å². The van der Waals surface area contributed by atoms with Crippen molar-refractivity contribution in [2.45, 2.75) is 13.3 Å². The Kier molecular flexibility index (Phi) is 5.23. The highest BCUT2D eigenvalue weighted by atomic mass is 16.5. The number of rotatable bonds is 4. The maximum atomic E-state index is 5.78. The van der Waals surface area contributed by atoms with Crippen molar-refractivity contribution in [2.24, 2.45) is 5.73 Å². The van der Waals surface area contributed by atoms with Gasteiger partial charge in [0.25, 0.3) is 0 Å². The average molecular weight is 265 g/mol. The van der Waals surface area contributed by atoms with Crippen molar-refractivity contribution in [3.63, 3.8) is 0 Å². The molecule has 0 spiro atoms. The molecule has 2 N–H and O–H groups in total. The van der Waals surface area contributed by atoms with Gasteiger partial charge in [-0.2, -0.15) is 0 Å². The first-order valence-corrected chi connectivity index (χ1v) is 6.76. The Morgan fingerprint density at radius 3 is 2.60 bits per heavy atom. The molecule has 0 atom stereocenters. The van der Waals surface area contributed by atoms with Crippen LogP contribution in [-0.4, -0.2) is 13.2 Å². The maximum absolute atomic E-state index is 5.78. The number of hydrogen-bond donors (Lipinski definition) is 1. The van der Waals surface area contributed by atoms with Gasteiger partial charge in [-0.3, -0.25) is 0 Å². The van der Waals surface area contributed by atoms with Crippen molar-refractivity contribution in [3.05, 3.63) is 65.2 Å². The Morgan fingerprint density at radius 1 is 1.10 bits per heavy atom. The third-order valence-corrected chi connectivity index (χ3v) is 3.03. The largest absolute Gasteiger partial charge is 0.493 e. The van der Waals surface area contributed by atoms with Crippen molar-refractivity contribution in [2.75, 3.05) is 13.2 Å². The number of ether oxygens (including phenoxy) is 1. The van der Waals surface area contributed by atoms with Crippen LogP contribution in [0.4, 0.5) is 0 Å². The molecule has 2 rings (SSSR count). The van der Waals surface area contributed by atoms with E-state index in [2.05, 4.69) is 24.0 Å². The molecule has 2 heteroatoms. The summed E-state index contributed by atoms with van der Waals surface area (Å²) in [5, 5.41) is 0. The summed E-state index contributed by atoms with van der Waals surface area (Å²) in [6.45, 7) is 3.09. The minimum atomic E-state index is 0.384. The first-order chi connectivity index (χ1) is 9.79. The van der Waals surface area contributed by atoms with Crippen LogP contribution in [0.2, 0.25) is 0 Å². The van der Waals surface area contributed by atoms with Crippen LogP contribution in [0, 0.1) is 18.8 Å². The molecule has 0 aromatic heterocycles. The van der Waals surface area contributed by atoms with E-state index < -0.39 is 0 Å². The summed E-state index contributed by atoms with van der Waals surface area (Å²) in [5.41, 5.74) is 8.79. The lowest BCUT2D eigenvalue weighted by Crippen LogP contribution is -2.01. The second-order valence-electron chi connectivity index (χ2n) is 4.57. The standard InChI is InChI=1S/C18H19NO/c1-15-14-18(10-9-17(15)8-5-12-19)20-13-11-16-6-3-2-4-7-16/h2-4,6-7,9-10,14H,11-13,19H2,1H3. The zero-order valence-electron chi connectivity index (χ0n) is 11.7. The smallest absolute Gasteiger partial charge is 0.119 e. The van der Waals surface area contributed by atoms with Crippen LogP contribution >= 0.6 is 0 Å². The van der Waals surface area contributed by atoms with Crippen molar-refractivity contribution in [1.82, 2.24) is 0 Å². The molecule has 0 radical (unpaired) electrons. The molecule has 0 aliphatic heterocycles. The second-order valence-corrected chi connectivity index (χ2v) is 4.57. The van der Waals surface area contributed by atoms with Crippen molar-refractivity contribution in [1.29, 1.82) is 0 Å². The van der Waals surface area contributed by atoms with Gasteiger partial charge in [-0.15, -0.1) is 0 Å². The summed E-state index contributed by atoms with van der Waals surface area (Å²) < 4.78 is 5.78. The van der Waals surface area contributed by atoms with Gasteiger partial charge < -0.3 is 10.5 Å². The highest BCUT2D eigenvalue weighted by molar-refractivity contribution is 5.44. The molecule has 0 saturated heterocycles. The van der Waals surface area contributed by atoms with Gasteiger partial charge in [-0.1, -0.05) is 42.2 Å². The summed E-state index contributed by atoms with van der Waals surface area (Å²) in [4.78, 5) is 0. The van der Waals surface area contributed by atoms with Crippen LogP contribution < -0.4 is 10.5 Å². The fourth-order valence-electron chi connectivity index (χ4n) is 1.94. The highest BCUT2D eigenvalue weighted by Gasteiger charge is 1.99. The number of aryl methyl sites for hydroxylation is 1. The zero-order chi connectivity index (χ0) is 14.2. The van der Waals surface area contributed by atoms with Gasteiger partial charge in [-0.25, -0.2) is 0 Å². The molecule has 0 amide bonds. The molecule has 2 aromatic carbocycles. The Labute approximate surface area is 120 Å². The normalized spacial score (nSPS) is 9.70. The molecule has 2 aromatic rings. The zero-order valence-corrected chi connectivity index (χ0v) is 11.7. The SMILES string of the molecule is Cc1cc(OCCc2ccccc2)ccc1C#CCN. The van der Waals surface area contributed by atoms with Gasteiger partial charge in [0, 0.05) is 12.0 Å². The van der Waals surface area contributed by atoms with E-state index in [1.165, 1.54) is 5.56 Å². The molecule has 0 heterocycles. The van der Waals surface area contributed by atoms with E-state index in [1.807, 2.05) is 43.3 Å². The summed E-state index contributed by atoms with van der Waals surface area (Å²) in [6.07, 6.45) is 0.911. The van der Waals surface area contributed by atoms with E-state index in [0.29, 0.717) is 13.2 Å². The fraction of sp³-hybridized carbons (Fsp3) is 0.222. The summed E-state index contributed by atoms with van der Waals surface area (Å²) in [6, 6.07) is 16.3. The number of nitrogens with two attached hydrogens (primary N) is 1. The third-order valence-electron chi connectivity index (χ3n) is 3.03.